The van der Waals surface area contributed by atoms with Crippen molar-refractivity contribution in [3.05, 3.63) is 24.3 Å². The Labute approximate surface area is 241 Å². The molecule has 4 aliphatic rings. The fraction of sp³-hybridized carbons (Fsp3) is 0.818. The molecule has 226 valence electrons. The first-order chi connectivity index (χ1) is 19.6. The first-order valence-corrected chi connectivity index (χ1v) is 16.1. The van der Waals surface area contributed by atoms with E-state index in [9.17, 15) is 9.59 Å². The molecular weight excluding hydrogens is 508 g/mol. The summed E-state index contributed by atoms with van der Waals surface area (Å²) < 4.78 is 29.5. The van der Waals surface area contributed by atoms with Crippen molar-refractivity contribution in [1.82, 2.24) is 0 Å². The van der Waals surface area contributed by atoms with Gasteiger partial charge in [0.2, 0.25) is 0 Å². The average molecular weight is 561 g/mol. The van der Waals surface area contributed by atoms with Crippen LogP contribution in [-0.2, 0) is 33.3 Å². The number of hydrogen-bond acceptors (Lipinski definition) is 7. The van der Waals surface area contributed by atoms with Crippen LogP contribution in [0.25, 0.3) is 0 Å². The highest BCUT2D eigenvalue weighted by molar-refractivity contribution is 5.84. The molecule has 2 aliphatic carbocycles. The quantitative estimate of drug-likeness (QED) is 0.0956. The number of ketones is 1. The molecular formula is C33H52O7. The van der Waals surface area contributed by atoms with Crippen LogP contribution in [0, 0.1) is 23.7 Å². The van der Waals surface area contributed by atoms with E-state index in [4.69, 9.17) is 18.9 Å². The summed E-state index contributed by atoms with van der Waals surface area (Å²) >= 11 is 0. The van der Waals surface area contributed by atoms with Gasteiger partial charge < -0.3 is 23.7 Å². The molecule has 0 aromatic carbocycles. The van der Waals surface area contributed by atoms with Crippen molar-refractivity contribution in [3.63, 3.8) is 0 Å². The lowest BCUT2D eigenvalue weighted by molar-refractivity contribution is -0.196. The van der Waals surface area contributed by atoms with Gasteiger partial charge >= 0.3 is 5.97 Å². The monoisotopic (exact) mass is 560 g/mol. The van der Waals surface area contributed by atoms with Crippen LogP contribution < -0.4 is 0 Å². The predicted octanol–water partition coefficient (Wildman–Crippen LogP) is 6.69. The third-order valence-electron chi connectivity index (χ3n) is 9.17. The van der Waals surface area contributed by atoms with Crippen LogP contribution in [-0.4, -0.2) is 56.9 Å². The topological polar surface area (TPSA) is 80.3 Å². The Morgan fingerprint density at radius 2 is 1.77 bits per heavy atom. The Hall–Kier alpha value is -1.54. The van der Waals surface area contributed by atoms with Gasteiger partial charge in [0.25, 0.3) is 0 Å². The predicted molar refractivity (Wildman–Crippen MR) is 153 cm³/mol. The molecule has 7 nitrogen and oxygen atoms in total. The van der Waals surface area contributed by atoms with Crippen LogP contribution in [0.5, 0.6) is 0 Å². The van der Waals surface area contributed by atoms with Crippen molar-refractivity contribution in [2.45, 2.75) is 128 Å². The van der Waals surface area contributed by atoms with E-state index in [1.165, 1.54) is 38.9 Å². The number of unbranched alkanes of at least 4 members (excludes halogenated alkanes) is 2. The third kappa shape index (κ3) is 9.50. The Bertz CT molecular complexity index is 821. The zero-order valence-corrected chi connectivity index (χ0v) is 24.8. The van der Waals surface area contributed by atoms with Crippen molar-refractivity contribution in [2.75, 3.05) is 20.3 Å². The van der Waals surface area contributed by atoms with Crippen LogP contribution in [0.4, 0.5) is 0 Å². The Morgan fingerprint density at radius 1 is 1.02 bits per heavy atom. The highest BCUT2D eigenvalue weighted by atomic mass is 16.7. The highest BCUT2D eigenvalue weighted by Gasteiger charge is 2.43. The second-order valence-electron chi connectivity index (χ2n) is 12.2. The number of carbonyl (C=O) groups excluding carboxylic acids is 2. The molecule has 2 saturated carbocycles. The van der Waals surface area contributed by atoms with Crippen molar-refractivity contribution in [2.24, 2.45) is 23.7 Å². The number of methoxy groups -OCH3 is 1. The Balaban J connectivity index is 1.41. The molecule has 4 rings (SSSR count). The van der Waals surface area contributed by atoms with Crippen molar-refractivity contribution >= 4 is 11.8 Å². The minimum Gasteiger partial charge on any atom is -0.466 e. The molecule has 0 bridgehead atoms. The number of Topliss-reactive ketones (excluding diaryl/α,β-unsaturated/α-hetero) is 1. The summed E-state index contributed by atoms with van der Waals surface area (Å²) in [6, 6.07) is 0. The number of esters is 1. The summed E-state index contributed by atoms with van der Waals surface area (Å²) in [5.74, 6) is 1.24. The summed E-state index contributed by atoms with van der Waals surface area (Å²) in [6.45, 7) is 3.77. The van der Waals surface area contributed by atoms with E-state index in [2.05, 4.69) is 23.8 Å². The van der Waals surface area contributed by atoms with Gasteiger partial charge in [-0.1, -0.05) is 44.4 Å². The van der Waals surface area contributed by atoms with Crippen LogP contribution >= 0.6 is 0 Å². The average Bonchev–Trinajstić information content (AvgIpc) is 3.24. The smallest absolute Gasteiger partial charge is 0.330 e. The Kier molecular flexibility index (Phi) is 13.2. The molecule has 2 unspecified atom stereocenters. The summed E-state index contributed by atoms with van der Waals surface area (Å²) in [5.41, 5.74) is 0. The minimum atomic E-state index is -0.330. The normalized spacial score (nSPS) is 33.9. The van der Waals surface area contributed by atoms with Gasteiger partial charge in [0.05, 0.1) is 19.3 Å². The molecule has 6 atom stereocenters. The molecule has 0 amide bonds. The van der Waals surface area contributed by atoms with E-state index in [1.807, 2.05) is 6.08 Å². The fourth-order valence-corrected chi connectivity index (χ4v) is 6.84. The van der Waals surface area contributed by atoms with E-state index < -0.39 is 0 Å². The SMILES string of the molecule is CCCC1CC([C@@H](/C=C/[C@H]2[C@H](OC3CCCCO3)CC(=O)[C@@H]2CCCC/C=C/C(=O)OC)OC2CCCCO2)C1. The van der Waals surface area contributed by atoms with E-state index in [-0.39, 0.29) is 42.6 Å². The lowest BCUT2D eigenvalue weighted by Crippen LogP contribution is -2.38. The molecule has 40 heavy (non-hydrogen) atoms. The molecule has 0 aromatic heterocycles. The number of hydrogen-bond donors (Lipinski definition) is 0. The number of carbonyl (C=O) groups is 2. The maximum Gasteiger partial charge on any atom is 0.330 e. The van der Waals surface area contributed by atoms with Gasteiger partial charge in [-0.2, -0.15) is 0 Å². The lowest BCUT2D eigenvalue weighted by Gasteiger charge is -2.41. The van der Waals surface area contributed by atoms with Gasteiger partial charge in [0, 0.05) is 37.5 Å². The van der Waals surface area contributed by atoms with Gasteiger partial charge in [-0.05, 0) is 82.5 Å². The second-order valence-corrected chi connectivity index (χ2v) is 12.2. The molecule has 2 aliphatic heterocycles. The van der Waals surface area contributed by atoms with Crippen LogP contribution in [0.3, 0.4) is 0 Å². The summed E-state index contributed by atoms with van der Waals surface area (Å²) in [5, 5.41) is 0. The maximum atomic E-state index is 13.3. The molecule has 7 heteroatoms. The molecule has 2 saturated heterocycles. The van der Waals surface area contributed by atoms with Gasteiger partial charge in [-0.15, -0.1) is 0 Å². The van der Waals surface area contributed by atoms with Gasteiger partial charge in [-0.3, -0.25) is 4.79 Å². The lowest BCUT2D eigenvalue weighted by atomic mass is 9.70. The van der Waals surface area contributed by atoms with Gasteiger partial charge in [0.15, 0.2) is 12.6 Å². The zero-order chi connectivity index (χ0) is 28.2. The summed E-state index contributed by atoms with van der Waals surface area (Å²) in [7, 11) is 1.38. The number of rotatable bonds is 15. The Morgan fingerprint density at radius 3 is 2.45 bits per heavy atom. The molecule has 0 aromatic rings. The number of ether oxygens (including phenoxy) is 5. The first-order valence-electron chi connectivity index (χ1n) is 16.1. The first kappa shape index (κ1) is 31.4. The van der Waals surface area contributed by atoms with E-state index in [1.54, 1.807) is 0 Å². The molecule has 2 heterocycles. The molecule has 0 N–H and O–H groups in total. The molecule has 0 radical (unpaired) electrons. The van der Waals surface area contributed by atoms with Gasteiger partial charge in [-0.25, -0.2) is 4.79 Å². The van der Waals surface area contributed by atoms with Crippen molar-refractivity contribution in [3.8, 4) is 0 Å². The van der Waals surface area contributed by atoms with E-state index in [0.29, 0.717) is 18.1 Å². The van der Waals surface area contributed by atoms with Crippen LogP contribution in [0.2, 0.25) is 0 Å². The summed E-state index contributed by atoms with van der Waals surface area (Å²) in [4.78, 5) is 24.6. The summed E-state index contributed by atoms with van der Waals surface area (Å²) in [6.07, 6.45) is 22.5. The van der Waals surface area contributed by atoms with E-state index in [0.717, 1.165) is 83.3 Å². The minimum absolute atomic E-state index is 0.0163. The fourth-order valence-electron chi connectivity index (χ4n) is 6.84. The highest BCUT2D eigenvalue weighted by Crippen LogP contribution is 2.42. The van der Waals surface area contributed by atoms with Crippen molar-refractivity contribution in [1.29, 1.82) is 0 Å². The molecule has 4 fully saturated rings. The van der Waals surface area contributed by atoms with Crippen LogP contribution in [0.1, 0.15) is 103 Å². The standard InChI is InChI=1S/C33H52O7/c1-3-12-24-21-25(22-24)29(39-32-15-8-10-19-37-32)18-17-27-26(13-6-4-5-7-14-31(35)36-2)28(34)23-30(27)40-33-16-9-11-20-38-33/h7,14,17-18,24-27,29-30,32-33H,3-6,8-13,15-16,19-23H2,1-2H3/b14-7+,18-17+/t24?,25?,26-,27-,29-,30-,32?,33?/m1/s1. The van der Waals surface area contributed by atoms with Crippen LogP contribution in [0.15, 0.2) is 24.3 Å². The zero-order valence-electron chi connectivity index (χ0n) is 24.8. The maximum absolute atomic E-state index is 13.3. The number of allylic oxidation sites excluding steroid dienone is 1. The van der Waals surface area contributed by atoms with E-state index >= 15 is 0 Å². The van der Waals surface area contributed by atoms with Gasteiger partial charge in [0.1, 0.15) is 5.78 Å². The second kappa shape index (κ2) is 16.8. The van der Waals surface area contributed by atoms with Crippen molar-refractivity contribution < 1.29 is 33.3 Å². The largest absolute Gasteiger partial charge is 0.466 e. The molecule has 0 spiro atoms. The third-order valence-corrected chi connectivity index (χ3v) is 9.17.